The third kappa shape index (κ3) is 2.78. The Morgan fingerprint density at radius 1 is 1.34 bits per heavy atom. The lowest BCUT2D eigenvalue weighted by molar-refractivity contribution is 0.0695. The van der Waals surface area contributed by atoms with Gasteiger partial charge in [0.05, 0.1) is 11.4 Å². The molecule has 5 heterocycles. The molecule has 11 heteroatoms. The number of fused-ring (bicyclic) bond motifs is 1. The van der Waals surface area contributed by atoms with Crippen LogP contribution in [-0.2, 0) is 0 Å². The lowest BCUT2D eigenvalue weighted by Crippen LogP contribution is -2.48. The summed E-state index contributed by atoms with van der Waals surface area (Å²) in [5.41, 5.74) is 0.157. The molecule has 1 saturated heterocycles. The van der Waals surface area contributed by atoms with E-state index in [2.05, 4.69) is 19.4 Å². The van der Waals surface area contributed by atoms with E-state index in [1.54, 1.807) is 13.1 Å². The number of pyridine rings is 2. The van der Waals surface area contributed by atoms with Crippen molar-refractivity contribution in [3.63, 3.8) is 0 Å². The fraction of sp³-hybridized carbons (Fsp3) is 0.222. The van der Waals surface area contributed by atoms with Gasteiger partial charge in [0.25, 0.3) is 0 Å². The minimum absolute atomic E-state index is 0.266. The summed E-state index contributed by atoms with van der Waals surface area (Å²) < 4.78 is 7.43. The molecule has 1 fully saturated rings. The number of carboxylic acid groups (broad SMARTS) is 1. The van der Waals surface area contributed by atoms with Crippen molar-refractivity contribution in [2.24, 2.45) is 0 Å². The second kappa shape index (κ2) is 6.48. The van der Waals surface area contributed by atoms with Gasteiger partial charge in [-0.05, 0) is 24.6 Å². The summed E-state index contributed by atoms with van der Waals surface area (Å²) in [6.45, 7) is 3.28. The molecule has 0 bridgehead atoms. The first-order valence-electron chi connectivity index (χ1n) is 8.84. The third-order valence-corrected chi connectivity index (χ3v) is 5.68. The Kier molecular flexibility index (Phi) is 3.91. The largest absolute Gasteiger partial charge is 0.477 e. The fourth-order valence-corrected chi connectivity index (χ4v) is 4.03. The highest BCUT2D eigenvalue weighted by Gasteiger charge is 2.30. The fourth-order valence-electron chi connectivity index (χ4n) is 3.52. The molecule has 0 amide bonds. The first-order valence-corrected chi connectivity index (χ1v) is 9.61. The van der Waals surface area contributed by atoms with Gasteiger partial charge < -0.3 is 10.0 Å². The number of aromatic carboxylic acids is 1. The summed E-state index contributed by atoms with van der Waals surface area (Å²) in [7, 11) is 0. The van der Waals surface area contributed by atoms with Gasteiger partial charge in [0.15, 0.2) is 5.65 Å². The lowest BCUT2D eigenvalue weighted by Gasteiger charge is -2.40. The van der Waals surface area contributed by atoms with Crippen LogP contribution < -0.4 is 10.3 Å². The number of carboxylic acids is 1. The van der Waals surface area contributed by atoms with Crippen molar-refractivity contribution < 1.29 is 9.90 Å². The molecule has 1 N–H and O–H groups in total. The Hall–Kier alpha value is -3.60. The number of hydrogen-bond donors (Lipinski definition) is 1. The summed E-state index contributed by atoms with van der Waals surface area (Å²) in [6.07, 6.45) is 6.33. The van der Waals surface area contributed by atoms with E-state index in [1.165, 1.54) is 17.1 Å². The standard InChI is InChI=1S/C18H15N7O3S/c1-10-5-13(23-6-11(7-23)25-4-2-3-20-25)22-16-14(10)15(26)12(17(27)28)8-24(16)18-19-9-21-29-18/h2-5,8-9,11H,6-7H2,1H3,(H,27,28). The number of aromatic nitrogens is 6. The van der Waals surface area contributed by atoms with E-state index in [1.807, 2.05) is 23.0 Å². The average molecular weight is 409 g/mol. The first kappa shape index (κ1) is 17.5. The van der Waals surface area contributed by atoms with Crippen LogP contribution in [0.25, 0.3) is 16.2 Å². The van der Waals surface area contributed by atoms with Crippen molar-refractivity contribution in [3.8, 4) is 5.13 Å². The van der Waals surface area contributed by atoms with E-state index in [0.717, 1.165) is 30.4 Å². The maximum atomic E-state index is 12.8. The quantitative estimate of drug-likeness (QED) is 0.539. The summed E-state index contributed by atoms with van der Waals surface area (Å²) in [5.74, 6) is -0.567. The molecule has 146 valence electrons. The highest BCUT2D eigenvalue weighted by molar-refractivity contribution is 7.08. The van der Waals surface area contributed by atoms with Gasteiger partial charge in [-0.25, -0.2) is 14.8 Å². The molecule has 0 unspecified atom stereocenters. The van der Waals surface area contributed by atoms with Crippen molar-refractivity contribution in [2.75, 3.05) is 18.0 Å². The Labute approximate surface area is 167 Å². The van der Waals surface area contributed by atoms with Gasteiger partial charge in [-0.1, -0.05) is 0 Å². The van der Waals surface area contributed by atoms with Crippen LogP contribution in [0.15, 0.2) is 41.8 Å². The zero-order chi connectivity index (χ0) is 20.1. The van der Waals surface area contributed by atoms with Crippen molar-refractivity contribution in [2.45, 2.75) is 13.0 Å². The molecular weight excluding hydrogens is 394 g/mol. The molecule has 29 heavy (non-hydrogen) atoms. The minimum Gasteiger partial charge on any atom is -0.477 e. The van der Waals surface area contributed by atoms with E-state index in [-0.39, 0.29) is 17.0 Å². The molecule has 1 aliphatic heterocycles. The van der Waals surface area contributed by atoms with E-state index in [9.17, 15) is 14.7 Å². The Bertz CT molecular complexity index is 1280. The van der Waals surface area contributed by atoms with Crippen molar-refractivity contribution in [1.82, 2.24) is 28.7 Å². The van der Waals surface area contributed by atoms with Crippen LogP contribution in [0.4, 0.5) is 5.82 Å². The number of carbonyl (C=O) groups is 1. The zero-order valence-corrected chi connectivity index (χ0v) is 16.1. The Balaban J connectivity index is 1.64. The van der Waals surface area contributed by atoms with E-state index < -0.39 is 11.4 Å². The molecule has 0 spiro atoms. The number of anilines is 1. The van der Waals surface area contributed by atoms with E-state index in [4.69, 9.17) is 4.98 Å². The van der Waals surface area contributed by atoms with Crippen LogP contribution in [0, 0.1) is 6.92 Å². The van der Waals surface area contributed by atoms with Crippen LogP contribution in [0.1, 0.15) is 22.0 Å². The number of rotatable bonds is 4. The Morgan fingerprint density at radius 2 is 2.17 bits per heavy atom. The second-order valence-corrected chi connectivity index (χ2v) is 7.57. The van der Waals surface area contributed by atoms with E-state index in [0.29, 0.717) is 16.3 Å². The van der Waals surface area contributed by atoms with Gasteiger partial charge in [0, 0.05) is 43.2 Å². The van der Waals surface area contributed by atoms with Crippen LogP contribution in [0.2, 0.25) is 0 Å². The first-order chi connectivity index (χ1) is 14.0. The van der Waals surface area contributed by atoms with Crippen molar-refractivity contribution in [1.29, 1.82) is 0 Å². The molecular formula is C18H15N7O3S. The van der Waals surface area contributed by atoms with Crippen molar-refractivity contribution >= 4 is 34.4 Å². The van der Waals surface area contributed by atoms with Gasteiger partial charge >= 0.3 is 5.97 Å². The van der Waals surface area contributed by atoms with Gasteiger partial charge in [0.1, 0.15) is 17.7 Å². The molecule has 10 nitrogen and oxygen atoms in total. The normalized spacial score (nSPS) is 14.3. The number of hydrogen-bond acceptors (Lipinski definition) is 8. The molecule has 0 radical (unpaired) electrons. The topological polar surface area (TPSA) is 119 Å². The highest BCUT2D eigenvalue weighted by Crippen LogP contribution is 2.29. The van der Waals surface area contributed by atoms with Gasteiger partial charge in [-0.3, -0.25) is 14.0 Å². The van der Waals surface area contributed by atoms with Gasteiger partial charge in [-0.15, -0.1) is 0 Å². The smallest absolute Gasteiger partial charge is 0.341 e. The van der Waals surface area contributed by atoms with Gasteiger partial charge in [-0.2, -0.15) is 9.47 Å². The minimum atomic E-state index is -1.29. The number of aryl methyl sites for hydroxylation is 1. The predicted molar refractivity (Wildman–Crippen MR) is 106 cm³/mol. The van der Waals surface area contributed by atoms with Crippen LogP contribution in [-0.4, -0.2) is 52.9 Å². The lowest BCUT2D eigenvalue weighted by atomic mass is 10.1. The molecule has 4 aromatic heterocycles. The maximum Gasteiger partial charge on any atom is 0.341 e. The van der Waals surface area contributed by atoms with Gasteiger partial charge in [0.2, 0.25) is 10.6 Å². The molecule has 0 aliphatic carbocycles. The molecule has 1 aliphatic rings. The molecule has 0 saturated carbocycles. The van der Waals surface area contributed by atoms with E-state index >= 15 is 0 Å². The summed E-state index contributed by atoms with van der Waals surface area (Å²) in [4.78, 5) is 35.3. The zero-order valence-electron chi connectivity index (χ0n) is 15.3. The SMILES string of the molecule is Cc1cc(N2CC(n3cccn3)C2)nc2c1c(=O)c(C(=O)O)cn2-c1ncns1. The third-order valence-electron chi connectivity index (χ3n) is 5.01. The molecule has 4 aromatic rings. The molecule has 0 aromatic carbocycles. The predicted octanol–water partition coefficient (Wildman–Crippen LogP) is 1.50. The molecule has 0 atom stereocenters. The second-order valence-electron chi connectivity index (χ2n) is 6.81. The van der Waals surface area contributed by atoms with Crippen LogP contribution in [0.5, 0.6) is 0 Å². The maximum absolute atomic E-state index is 12.8. The Morgan fingerprint density at radius 3 is 2.83 bits per heavy atom. The highest BCUT2D eigenvalue weighted by atomic mass is 32.1. The molecule has 5 rings (SSSR count). The van der Waals surface area contributed by atoms with Crippen LogP contribution >= 0.6 is 11.5 Å². The summed E-state index contributed by atoms with van der Waals surface area (Å²) >= 11 is 1.10. The average Bonchev–Trinajstić information content (AvgIpc) is 3.34. The van der Waals surface area contributed by atoms with Crippen LogP contribution in [0.3, 0.4) is 0 Å². The summed E-state index contributed by atoms with van der Waals surface area (Å²) in [5, 5.41) is 14.5. The monoisotopic (exact) mass is 409 g/mol. The summed E-state index contributed by atoms with van der Waals surface area (Å²) in [6, 6.07) is 3.98. The number of nitrogens with zero attached hydrogens (tertiary/aromatic N) is 7. The van der Waals surface area contributed by atoms with Crippen molar-refractivity contribution in [3.05, 3.63) is 58.4 Å².